The van der Waals surface area contributed by atoms with Gasteiger partial charge in [0.1, 0.15) is 5.82 Å². The number of pyridine rings is 1. The minimum atomic E-state index is -0.476. The fraction of sp³-hybridized carbons (Fsp3) is 0.192. The molecule has 0 saturated carbocycles. The van der Waals surface area contributed by atoms with Gasteiger partial charge in [-0.05, 0) is 56.9 Å². The van der Waals surface area contributed by atoms with E-state index in [1.54, 1.807) is 37.4 Å². The summed E-state index contributed by atoms with van der Waals surface area (Å²) in [4.78, 5) is 22.9. The van der Waals surface area contributed by atoms with Crippen LogP contribution in [0.4, 0.5) is 16.0 Å². The van der Waals surface area contributed by atoms with Gasteiger partial charge in [0.05, 0.1) is 23.0 Å². The van der Waals surface area contributed by atoms with Crippen LogP contribution >= 0.6 is 0 Å². The fourth-order valence-corrected chi connectivity index (χ4v) is 3.42. The summed E-state index contributed by atoms with van der Waals surface area (Å²) in [5, 5.41) is 3.45. The van der Waals surface area contributed by atoms with Gasteiger partial charge >= 0.3 is 0 Å². The number of fused-ring (bicyclic) bond motifs is 1. The molecule has 4 aromatic rings. The van der Waals surface area contributed by atoms with Gasteiger partial charge in [0.15, 0.2) is 0 Å². The third-order valence-corrected chi connectivity index (χ3v) is 5.09. The van der Waals surface area contributed by atoms with Crippen molar-refractivity contribution in [2.75, 3.05) is 19.4 Å². The normalized spacial score (nSPS) is 10.8. The van der Waals surface area contributed by atoms with Crippen LogP contribution in [0.1, 0.15) is 16.7 Å². The van der Waals surface area contributed by atoms with Crippen molar-refractivity contribution < 1.29 is 4.39 Å². The maximum Gasteiger partial charge on any atom is 0.254 e. The highest BCUT2D eigenvalue weighted by Gasteiger charge is 2.09. The molecule has 2 aromatic carbocycles. The van der Waals surface area contributed by atoms with Crippen molar-refractivity contribution in [1.82, 2.24) is 19.4 Å². The summed E-state index contributed by atoms with van der Waals surface area (Å²) in [6, 6.07) is 14.9. The Balaban J connectivity index is 1.52. The van der Waals surface area contributed by atoms with Crippen LogP contribution in [0.5, 0.6) is 0 Å². The van der Waals surface area contributed by atoms with Crippen LogP contribution in [0.25, 0.3) is 10.9 Å². The molecule has 0 fully saturated rings. The van der Waals surface area contributed by atoms with Gasteiger partial charge in [0.2, 0.25) is 5.95 Å². The number of hydrogen-bond donors (Lipinski definition) is 1. The Hall–Kier alpha value is -4.02. The predicted octanol–water partition coefficient (Wildman–Crippen LogP) is 4.10. The van der Waals surface area contributed by atoms with Gasteiger partial charge < -0.3 is 14.8 Å². The van der Waals surface area contributed by atoms with E-state index in [1.165, 1.54) is 16.3 Å². The summed E-state index contributed by atoms with van der Waals surface area (Å²) in [5.41, 5.74) is 3.31. The molecular formula is C26H24FN5O. The Labute approximate surface area is 191 Å². The first kappa shape index (κ1) is 22.2. The average molecular weight is 442 g/mol. The number of aryl methyl sites for hydroxylation is 1. The average Bonchev–Trinajstić information content (AvgIpc) is 2.79. The van der Waals surface area contributed by atoms with Crippen LogP contribution in [0.3, 0.4) is 0 Å². The van der Waals surface area contributed by atoms with Crippen molar-refractivity contribution in [2.45, 2.75) is 20.0 Å². The standard InChI is InChI=1S/C26H24FN5O/c1-18-6-4-14-32(25(18)33)15-5-7-20-10-13-23-22(24(20)27)16-28-26(30-23)29-21-11-8-19(9-12-21)17-31(2)3/h4,6,8-14,16H,15,17H2,1-3H3,(H,28,29,30). The predicted molar refractivity (Wildman–Crippen MR) is 129 cm³/mol. The molecule has 0 unspecified atom stereocenters. The maximum atomic E-state index is 15.0. The van der Waals surface area contributed by atoms with Gasteiger partial charge in [0, 0.05) is 30.2 Å². The molecule has 1 N–H and O–H groups in total. The highest BCUT2D eigenvalue weighted by atomic mass is 19.1. The van der Waals surface area contributed by atoms with E-state index in [4.69, 9.17) is 0 Å². The van der Waals surface area contributed by atoms with E-state index in [1.807, 2.05) is 38.4 Å². The van der Waals surface area contributed by atoms with Gasteiger partial charge in [-0.1, -0.05) is 30.0 Å². The van der Waals surface area contributed by atoms with Gasteiger partial charge in [-0.2, -0.15) is 0 Å². The summed E-state index contributed by atoms with van der Waals surface area (Å²) in [7, 11) is 4.05. The number of halogens is 1. The van der Waals surface area contributed by atoms with E-state index in [9.17, 15) is 9.18 Å². The first-order chi connectivity index (χ1) is 15.9. The Morgan fingerprint density at radius 1 is 1.12 bits per heavy atom. The minimum Gasteiger partial charge on any atom is -0.324 e. The lowest BCUT2D eigenvalue weighted by Crippen LogP contribution is -2.20. The quantitative estimate of drug-likeness (QED) is 0.473. The minimum absolute atomic E-state index is 0.105. The maximum absolute atomic E-state index is 15.0. The monoisotopic (exact) mass is 441 g/mol. The highest BCUT2D eigenvalue weighted by Crippen LogP contribution is 2.21. The number of benzene rings is 2. The van der Waals surface area contributed by atoms with E-state index in [-0.39, 0.29) is 17.7 Å². The van der Waals surface area contributed by atoms with Crippen molar-refractivity contribution in [3.05, 3.63) is 93.8 Å². The number of nitrogens with one attached hydrogen (secondary N) is 1. The molecule has 0 radical (unpaired) electrons. The third kappa shape index (κ3) is 5.25. The molecule has 0 atom stereocenters. The number of rotatable bonds is 5. The van der Waals surface area contributed by atoms with Crippen LogP contribution in [0, 0.1) is 24.6 Å². The third-order valence-electron chi connectivity index (χ3n) is 5.09. The zero-order valence-corrected chi connectivity index (χ0v) is 18.8. The van der Waals surface area contributed by atoms with Gasteiger partial charge in [-0.15, -0.1) is 0 Å². The summed E-state index contributed by atoms with van der Waals surface area (Å²) >= 11 is 0. The lowest BCUT2D eigenvalue weighted by molar-refractivity contribution is 0.402. The number of anilines is 2. The molecule has 0 spiro atoms. The molecule has 166 valence electrons. The molecular weight excluding hydrogens is 417 g/mol. The van der Waals surface area contributed by atoms with Gasteiger partial charge in [0.25, 0.3) is 5.56 Å². The largest absolute Gasteiger partial charge is 0.324 e. The first-order valence-corrected chi connectivity index (χ1v) is 10.5. The Morgan fingerprint density at radius 2 is 1.91 bits per heavy atom. The van der Waals surface area contributed by atoms with Crippen molar-refractivity contribution in [3.63, 3.8) is 0 Å². The van der Waals surface area contributed by atoms with Crippen molar-refractivity contribution in [1.29, 1.82) is 0 Å². The molecule has 6 nitrogen and oxygen atoms in total. The zero-order valence-electron chi connectivity index (χ0n) is 18.8. The van der Waals surface area contributed by atoms with Crippen molar-refractivity contribution in [2.24, 2.45) is 0 Å². The number of aromatic nitrogens is 3. The summed E-state index contributed by atoms with van der Waals surface area (Å²) in [6.07, 6.45) is 3.12. The second-order valence-electron chi connectivity index (χ2n) is 8.04. The van der Waals surface area contributed by atoms with Crippen molar-refractivity contribution >= 4 is 22.5 Å². The molecule has 4 rings (SSSR count). The Morgan fingerprint density at radius 3 is 2.67 bits per heavy atom. The SMILES string of the molecule is Cc1cccn(CC#Cc2ccc3nc(Nc4ccc(CN(C)C)cc4)ncc3c2F)c1=O. The van der Waals surface area contributed by atoms with Gasteiger partial charge in [-0.25, -0.2) is 14.4 Å². The lowest BCUT2D eigenvalue weighted by atomic mass is 10.1. The van der Waals surface area contributed by atoms with Crippen LogP contribution in [-0.2, 0) is 13.1 Å². The molecule has 33 heavy (non-hydrogen) atoms. The van der Waals surface area contributed by atoms with Crippen molar-refractivity contribution in [3.8, 4) is 11.8 Å². The lowest BCUT2D eigenvalue weighted by Gasteiger charge is -2.11. The van der Waals surface area contributed by atoms with E-state index in [2.05, 4.69) is 32.0 Å². The molecule has 7 heteroatoms. The molecule has 0 aliphatic heterocycles. The summed E-state index contributed by atoms with van der Waals surface area (Å²) in [5.74, 6) is 5.60. The van der Waals surface area contributed by atoms with Crippen LogP contribution in [-0.4, -0.2) is 33.5 Å². The van der Waals surface area contributed by atoms with E-state index in [0.717, 1.165) is 12.2 Å². The first-order valence-electron chi connectivity index (χ1n) is 10.5. The molecule has 0 aliphatic carbocycles. The smallest absolute Gasteiger partial charge is 0.254 e. The van der Waals surface area contributed by atoms with E-state index >= 15 is 0 Å². The molecule has 2 aromatic heterocycles. The van der Waals surface area contributed by atoms with Crippen LogP contribution < -0.4 is 10.9 Å². The van der Waals surface area contributed by atoms with E-state index in [0.29, 0.717) is 22.4 Å². The molecule has 0 saturated heterocycles. The Kier molecular flexibility index (Phi) is 6.48. The number of hydrogen-bond acceptors (Lipinski definition) is 5. The van der Waals surface area contributed by atoms with Gasteiger partial charge in [-0.3, -0.25) is 4.79 Å². The topological polar surface area (TPSA) is 63.1 Å². The molecule has 0 bridgehead atoms. The highest BCUT2D eigenvalue weighted by molar-refractivity contribution is 5.81. The molecule has 2 heterocycles. The van der Waals surface area contributed by atoms with Crippen LogP contribution in [0.2, 0.25) is 0 Å². The van der Waals surface area contributed by atoms with Crippen LogP contribution in [0.15, 0.2) is 65.7 Å². The molecule has 0 aliphatic rings. The summed E-state index contributed by atoms with van der Waals surface area (Å²) in [6.45, 7) is 2.79. The number of nitrogens with zero attached hydrogens (tertiary/aromatic N) is 4. The Bertz CT molecular complexity index is 1420. The molecule has 0 amide bonds. The zero-order chi connectivity index (χ0) is 23.4. The second kappa shape index (κ2) is 9.63. The second-order valence-corrected chi connectivity index (χ2v) is 8.04. The summed E-state index contributed by atoms with van der Waals surface area (Å²) < 4.78 is 16.5. The van der Waals surface area contributed by atoms with E-state index < -0.39 is 5.82 Å². The fourth-order valence-electron chi connectivity index (χ4n) is 3.42.